The smallest absolute Gasteiger partial charge is 0.407 e. The molecule has 0 bridgehead atoms. The summed E-state index contributed by atoms with van der Waals surface area (Å²) in [5.74, 6) is 0.378. The molecule has 0 aliphatic heterocycles. The fourth-order valence-electron chi connectivity index (χ4n) is 4.01. The number of aryl methyl sites for hydroxylation is 1. The molecule has 0 aliphatic rings. The van der Waals surface area contributed by atoms with Crippen LogP contribution in [0.5, 0.6) is 5.75 Å². The Balaban J connectivity index is 1.31. The van der Waals surface area contributed by atoms with Crippen molar-refractivity contribution in [2.75, 3.05) is 18.5 Å². The van der Waals surface area contributed by atoms with Crippen LogP contribution in [0.3, 0.4) is 0 Å². The molecule has 216 valence electrons. The van der Waals surface area contributed by atoms with Gasteiger partial charge < -0.3 is 25.2 Å². The predicted octanol–water partition coefficient (Wildman–Crippen LogP) is 5.65. The van der Waals surface area contributed by atoms with Crippen molar-refractivity contribution >= 4 is 34.9 Å². The Hall–Kier alpha value is -4.67. The summed E-state index contributed by atoms with van der Waals surface area (Å²) in [4.78, 5) is 35.9. The van der Waals surface area contributed by atoms with Crippen molar-refractivity contribution in [2.45, 2.75) is 58.5 Å². The van der Waals surface area contributed by atoms with Crippen molar-refractivity contribution in [1.82, 2.24) is 24.8 Å². The van der Waals surface area contributed by atoms with E-state index in [4.69, 9.17) is 14.6 Å². The molecule has 0 aliphatic carbocycles. The minimum Gasteiger partial charge on any atom is -0.494 e. The third-order valence-corrected chi connectivity index (χ3v) is 5.98. The highest BCUT2D eigenvalue weighted by Crippen LogP contribution is 2.22. The van der Waals surface area contributed by atoms with E-state index in [2.05, 4.69) is 25.6 Å². The van der Waals surface area contributed by atoms with Gasteiger partial charge in [-0.15, -0.1) is 0 Å². The minimum atomic E-state index is -0.792. The van der Waals surface area contributed by atoms with E-state index in [0.29, 0.717) is 48.9 Å². The number of hydrogen-bond acceptors (Lipinski definition) is 8. The zero-order valence-electron chi connectivity index (χ0n) is 23.6. The van der Waals surface area contributed by atoms with Crippen molar-refractivity contribution in [2.24, 2.45) is 0 Å². The third kappa shape index (κ3) is 9.20. The molecule has 3 N–H and O–H groups in total. The number of alkyl carbamates (subject to hydrolysis) is 1. The van der Waals surface area contributed by atoms with Crippen LogP contribution in [-0.4, -0.2) is 55.4 Å². The van der Waals surface area contributed by atoms with E-state index in [1.165, 1.54) is 0 Å². The highest BCUT2D eigenvalue weighted by Gasteiger charge is 2.15. The lowest BCUT2D eigenvalue weighted by Crippen LogP contribution is -2.33. The molecule has 2 heterocycles. The van der Waals surface area contributed by atoms with Crippen LogP contribution in [0.15, 0.2) is 61.1 Å². The molecule has 0 unspecified atom stereocenters. The van der Waals surface area contributed by atoms with Crippen LogP contribution in [-0.2, 0) is 16.0 Å². The van der Waals surface area contributed by atoms with Crippen LogP contribution < -0.4 is 15.4 Å². The van der Waals surface area contributed by atoms with Gasteiger partial charge in [-0.1, -0.05) is 12.1 Å². The number of nitrogens with one attached hydrogen (secondary N) is 2. The zero-order chi connectivity index (χ0) is 29.2. The second kappa shape index (κ2) is 13.6. The number of amides is 1. The largest absolute Gasteiger partial charge is 0.494 e. The topological polar surface area (TPSA) is 140 Å². The molecule has 0 radical (unpaired) electrons. The Morgan fingerprint density at radius 2 is 1.73 bits per heavy atom. The molecule has 0 spiro atoms. The van der Waals surface area contributed by atoms with Gasteiger partial charge in [0, 0.05) is 24.3 Å². The zero-order valence-corrected chi connectivity index (χ0v) is 23.6. The Labute approximate surface area is 238 Å². The van der Waals surface area contributed by atoms with Crippen molar-refractivity contribution in [3.8, 4) is 11.4 Å². The van der Waals surface area contributed by atoms with E-state index >= 15 is 0 Å². The molecule has 41 heavy (non-hydrogen) atoms. The van der Waals surface area contributed by atoms with Gasteiger partial charge in [-0.05, 0) is 88.4 Å². The minimum absolute atomic E-state index is 0.149. The van der Waals surface area contributed by atoms with E-state index in [1.54, 1.807) is 12.5 Å². The number of carboxylic acid groups (broad SMARTS) is 1. The van der Waals surface area contributed by atoms with Crippen LogP contribution in [0, 0.1) is 0 Å². The van der Waals surface area contributed by atoms with Crippen molar-refractivity contribution < 1.29 is 24.2 Å². The summed E-state index contributed by atoms with van der Waals surface area (Å²) in [7, 11) is 0. The third-order valence-electron chi connectivity index (χ3n) is 5.98. The summed E-state index contributed by atoms with van der Waals surface area (Å²) in [6.45, 7) is 6.53. The Bertz CT molecular complexity index is 1450. The van der Waals surface area contributed by atoms with Crippen molar-refractivity contribution in [3.05, 3.63) is 66.6 Å². The molecule has 0 saturated carbocycles. The number of carbonyl (C=O) groups excluding carboxylic acids is 1. The maximum absolute atomic E-state index is 11.8. The first-order valence-electron chi connectivity index (χ1n) is 13.6. The Kier molecular flexibility index (Phi) is 9.73. The molecule has 0 atom stereocenters. The number of nitrogens with zero attached hydrogens (tertiary/aromatic N) is 4. The molecular weight excluding hydrogens is 524 g/mol. The van der Waals surface area contributed by atoms with Gasteiger partial charge in [-0.2, -0.15) is 4.98 Å². The summed E-state index contributed by atoms with van der Waals surface area (Å²) >= 11 is 0. The average Bonchev–Trinajstić information content (AvgIpc) is 3.34. The molecule has 1 amide bonds. The number of imidazole rings is 1. The number of benzene rings is 2. The van der Waals surface area contributed by atoms with E-state index in [0.717, 1.165) is 29.8 Å². The number of ether oxygens (including phenoxy) is 2. The normalized spacial score (nSPS) is 11.3. The Morgan fingerprint density at radius 3 is 2.44 bits per heavy atom. The molecule has 2 aromatic carbocycles. The number of carboxylic acids is 1. The standard InChI is InChI=1S/C30H36N6O5/c1-30(2,3)41-29(39)31-17-6-7-21-9-11-22(12-10-21)34-28-32-19-25-27(35-28)36(20-33-25)23-13-15-24(16-14-23)40-18-5-4-8-26(37)38/h9-16,19-20H,4-8,17-18H2,1-3H3,(H,31,39)(H,37,38)(H,32,34,35). The van der Waals surface area contributed by atoms with Gasteiger partial charge in [-0.3, -0.25) is 9.36 Å². The number of fused-ring (bicyclic) bond motifs is 1. The monoisotopic (exact) mass is 560 g/mol. The van der Waals surface area contributed by atoms with Gasteiger partial charge in [-0.25, -0.2) is 14.8 Å². The second-order valence-electron chi connectivity index (χ2n) is 10.6. The summed E-state index contributed by atoms with van der Waals surface area (Å²) in [5.41, 5.74) is 3.72. The number of hydrogen-bond donors (Lipinski definition) is 3. The molecule has 2 aromatic heterocycles. The molecule has 0 saturated heterocycles. The number of aromatic nitrogens is 4. The SMILES string of the molecule is CC(C)(C)OC(=O)NCCCc1ccc(Nc2ncc3ncn(-c4ccc(OCCCCC(=O)O)cc4)c3n2)cc1. The van der Waals surface area contributed by atoms with Crippen LogP contribution in [0.2, 0.25) is 0 Å². The van der Waals surface area contributed by atoms with E-state index in [1.807, 2.05) is 73.9 Å². The number of anilines is 2. The average molecular weight is 561 g/mol. The summed E-state index contributed by atoms with van der Waals surface area (Å²) < 4.78 is 12.9. The predicted molar refractivity (Wildman–Crippen MR) is 156 cm³/mol. The molecule has 0 fully saturated rings. The lowest BCUT2D eigenvalue weighted by Gasteiger charge is -2.19. The number of aliphatic carboxylic acids is 1. The molecule has 4 aromatic rings. The molecular formula is C30H36N6O5. The lowest BCUT2D eigenvalue weighted by molar-refractivity contribution is -0.137. The fraction of sp³-hybridized carbons (Fsp3) is 0.367. The second-order valence-corrected chi connectivity index (χ2v) is 10.6. The first kappa shape index (κ1) is 29.3. The van der Waals surface area contributed by atoms with Crippen molar-refractivity contribution in [1.29, 1.82) is 0 Å². The summed E-state index contributed by atoms with van der Waals surface area (Å²) in [6.07, 6.45) is 6.04. The highest BCUT2D eigenvalue weighted by atomic mass is 16.6. The summed E-state index contributed by atoms with van der Waals surface area (Å²) in [5, 5.41) is 14.8. The first-order valence-corrected chi connectivity index (χ1v) is 13.6. The van der Waals surface area contributed by atoms with E-state index < -0.39 is 17.7 Å². The van der Waals surface area contributed by atoms with Gasteiger partial charge in [0.15, 0.2) is 5.65 Å². The highest BCUT2D eigenvalue weighted by molar-refractivity contribution is 5.74. The van der Waals surface area contributed by atoms with Gasteiger partial charge >= 0.3 is 12.1 Å². The maximum atomic E-state index is 11.8. The number of carbonyl (C=O) groups is 2. The van der Waals surface area contributed by atoms with E-state index in [9.17, 15) is 9.59 Å². The molecule has 11 nitrogen and oxygen atoms in total. The molecule has 11 heteroatoms. The van der Waals surface area contributed by atoms with E-state index in [-0.39, 0.29) is 6.42 Å². The number of rotatable bonds is 13. The summed E-state index contributed by atoms with van der Waals surface area (Å²) in [6, 6.07) is 15.6. The van der Waals surface area contributed by atoms with Gasteiger partial charge in [0.1, 0.15) is 23.2 Å². The van der Waals surface area contributed by atoms with Gasteiger partial charge in [0.05, 0.1) is 12.8 Å². The van der Waals surface area contributed by atoms with Crippen molar-refractivity contribution in [3.63, 3.8) is 0 Å². The van der Waals surface area contributed by atoms with Crippen LogP contribution in [0.4, 0.5) is 16.4 Å². The maximum Gasteiger partial charge on any atom is 0.407 e. The van der Waals surface area contributed by atoms with Gasteiger partial charge in [0.2, 0.25) is 5.95 Å². The fourth-order valence-corrected chi connectivity index (χ4v) is 4.01. The number of unbranched alkanes of at least 4 members (excludes halogenated alkanes) is 1. The first-order chi connectivity index (χ1) is 19.7. The van der Waals surface area contributed by atoms with Crippen LogP contribution >= 0.6 is 0 Å². The Morgan fingerprint density at radius 1 is 0.976 bits per heavy atom. The molecule has 4 rings (SSSR count). The van der Waals surface area contributed by atoms with Gasteiger partial charge in [0.25, 0.3) is 0 Å². The quantitative estimate of drug-likeness (QED) is 0.177. The van der Waals surface area contributed by atoms with Crippen LogP contribution in [0.1, 0.15) is 52.0 Å². The van der Waals surface area contributed by atoms with Crippen LogP contribution in [0.25, 0.3) is 16.9 Å². The lowest BCUT2D eigenvalue weighted by atomic mass is 10.1.